The van der Waals surface area contributed by atoms with Gasteiger partial charge in [-0.3, -0.25) is 4.90 Å². The summed E-state index contributed by atoms with van der Waals surface area (Å²) in [5.74, 6) is 0. The van der Waals surface area contributed by atoms with Gasteiger partial charge in [0.15, 0.2) is 0 Å². The molecule has 0 aromatic carbocycles. The van der Waals surface area contributed by atoms with Crippen LogP contribution in [0, 0.1) is 6.92 Å². The number of hydrogen-bond acceptors (Lipinski definition) is 5. The average molecular weight is 270 g/mol. The first-order valence-corrected chi connectivity index (χ1v) is 6.74. The van der Waals surface area contributed by atoms with E-state index in [1.165, 1.54) is 0 Å². The Morgan fingerprint density at radius 2 is 2.33 bits per heavy atom. The number of hydrogen-bond donors (Lipinski definition) is 0. The molecule has 0 radical (unpaired) electrons. The molecule has 0 bridgehead atoms. The molecule has 0 saturated carbocycles. The van der Waals surface area contributed by atoms with E-state index >= 15 is 0 Å². The zero-order chi connectivity index (χ0) is 13.3. The number of carbonyl (C=O) groups is 1. The van der Waals surface area contributed by atoms with E-state index in [2.05, 4.69) is 4.98 Å². The van der Waals surface area contributed by atoms with Crippen molar-refractivity contribution in [3.05, 3.63) is 16.1 Å². The van der Waals surface area contributed by atoms with Crippen molar-refractivity contribution in [2.45, 2.75) is 39.3 Å². The number of carbonyl (C=O) groups excluding carboxylic acids is 1. The Morgan fingerprint density at radius 3 is 2.89 bits per heavy atom. The molecule has 0 N–H and O–H groups in total. The molecule has 5 nitrogen and oxygen atoms in total. The first-order valence-electron chi connectivity index (χ1n) is 5.86. The van der Waals surface area contributed by atoms with Crippen LogP contribution in [0.15, 0.2) is 5.38 Å². The lowest BCUT2D eigenvalue weighted by molar-refractivity contribution is 0.0156. The molecule has 1 atom stereocenters. The maximum absolute atomic E-state index is 12.1. The van der Waals surface area contributed by atoms with Gasteiger partial charge in [0, 0.05) is 11.1 Å². The fourth-order valence-electron chi connectivity index (χ4n) is 1.67. The van der Waals surface area contributed by atoms with E-state index in [1.807, 2.05) is 33.1 Å². The van der Waals surface area contributed by atoms with Gasteiger partial charge >= 0.3 is 6.09 Å². The molecule has 1 aromatic rings. The molecule has 0 aliphatic carbocycles. The van der Waals surface area contributed by atoms with Gasteiger partial charge in [-0.15, -0.1) is 11.3 Å². The number of aryl methyl sites for hydroxylation is 1. The molecule has 6 heteroatoms. The minimum absolute atomic E-state index is 0.126. The smallest absolute Gasteiger partial charge is 0.412 e. The molecule has 0 spiro atoms. The fraction of sp³-hybridized carbons (Fsp3) is 0.667. The van der Waals surface area contributed by atoms with Gasteiger partial charge in [0.05, 0.1) is 6.61 Å². The summed E-state index contributed by atoms with van der Waals surface area (Å²) in [5, 5.41) is 2.87. The zero-order valence-corrected chi connectivity index (χ0v) is 11.9. The van der Waals surface area contributed by atoms with Gasteiger partial charge in [-0.1, -0.05) is 0 Å². The minimum Gasteiger partial charge on any atom is -0.444 e. The van der Waals surface area contributed by atoms with Crippen molar-refractivity contribution in [3.63, 3.8) is 0 Å². The summed E-state index contributed by atoms with van der Waals surface area (Å²) < 4.78 is 10.7. The molecule has 100 valence electrons. The van der Waals surface area contributed by atoms with Crippen molar-refractivity contribution in [2.24, 2.45) is 0 Å². The standard InChI is InChI=1S/C12H18N2O3S/c1-8-6-18-10(13-8)9-5-16-7-14(9)11(15)17-12(2,3)4/h6,9H,5,7H2,1-4H3/t9-/m1/s1. The molecule has 1 saturated heterocycles. The monoisotopic (exact) mass is 270 g/mol. The van der Waals surface area contributed by atoms with E-state index in [-0.39, 0.29) is 18.9 Å². The van der Waals surface area contributed by atoms with Gasteiger partial charge in [0.2, 0.25) is 0 Å². The first-order chi connectivity index (χ1) is 8.37. The first kappa shape index (κ1) is 13.3. The second-order valence-corrected chi connectivity index (χ2v) is 6.18. The van der Waals surface area contributed by atoms with Crippen LogP contribution in [0.5, 0.6) is 0 Å². The number of aromatic nitrogens is 1. The summed E-state index contributed by atoms with van der Waals surface area (Å²) in [6.07, 6.45) is -0.349. The lowest BCUT2D eigenvalue weighted by Gasteiger charge is -2.26. The largest absolute Gasteiger partial charge is 0.444 e. The summed E-state index contributed by atoms with van der Waals surface area (Å²) in [7, 11) is 0. The summed E-state index contributed by atoms with van der Waals surface area (Å²) >= 11 is 1.55. The Kier molecular flexibility index (Phi) is 3.59. The Balaban J connectivity index is 2.10. The van der Waals surface area contributed by atoms with E-state index in [4.69, 9.17) is 9.47 Å². The van der Waals surface area contributed by atoms with Crippen LogP contribution in [0.2, 0.25) is 0 Å². The van der Waals surface area contributed by atoms with Crippen LogP contribution in [0.3, 0.4) is 0 Å². The highest BCUT2D eigenvalue weighted by atomic mass is 32.1. The maximum atomic E-state index is 12.1. The summed E-state index contributed by atoms with van der Waals surface area (Å²) in [6.45, 7) is 8.23. The van der Waals surface area contributed by atoms with Crippen molar-refractivity contribution in [1.82, 2.24) is 9.88 Å². The van der Waals surface area contributed by atoms with Crippen molar-refractivity contribution in [3.8, 4) is 0 Å². The van der Waals surface area contributed by atoms with E-state index < -0.39 is 5.60 Å². The van der Waals surface area contributed by atoms with Gasteiger partial charge in [-0.05, 0) is 27.7 Å². The Bertz CT molecular complexity index is 439. The number of ether oxygens (including phenoxy) is 2. The van der Waals surface area contributed by atoms with E-state index in [1.54, 1.807) is 16.2 Å². The van der Waals surface area contributed by atoms with Gasteiger partial charge < -0.3 is 9.47 Å². The number of rotatable bonds is 1. The van der Waals surface area contributed by atoms with E-state index in [0.717, 1.165) is 10.7 Å². The zero-order valence-electron chi connectivity index (χ0n) is 11.1. The van der Waals surface area contributed by atoms with Crippen LogP contribution in [0.1, 0.15) is 37.5 Å². The summed E-state index contributed by atoms with van der Waals surface area (Å²) in [6, 6.07) is -0.126. The van der Waals surface area contributed by atoms with Crippen LogP contribution in [-0.2, 0) is 9.47 Å². The lowest BCUT2D eigenvalue weighted by atomic mass is 10.2. The fourth-order valence-corrected chi connectivity index (χ4v) is 2.57. The quantitative estimate of drug-likeness (QED) is 0.787. The van der Waals surface area contributed by atoms with Gasteiger partial charge in [0.25, 0.3) is 0 Å². The molecule has 1 aliphatic heterocycles. The average Bonchev–Trinajstić information content (AvgIpc) is 2.81. The van der Waals surface area contributed by atoms with Crippen molar-refractivity contribution in [2.75, 3.05) is 13.3 Å². The third kappa shape index (κ3) is 3.00. The molecule has 18 heavy (non-hydrogen) atoms. The third-order valence-corrected chi connectivity index (χ3v) is 3.50. The predicted octanol–water partition coefficient (Wildman–Crippen LogP) is 2.72. The van der Waals surface area contributed by atoms with Crippen LogP contribution in [0.25, 0.3) is 0 Å². The Morgan fingerprint density at radius 1 is 1.61 bits per heavy atom. The number of nitrogens with zero attached hydrogens (tertiary/aromatic N) is 2. The highest BCUT2D eigenvalue weighted by Crippen LogP contribution is 2.29. The molecule has 2 heterocycles. The molecular formula is C12H18N2O3S. The van der Waals surface area contributed by atoms with Crippen molar-refractivity contribution in [1.29, 1.82) is 0 Å². The highest BCUT2D eigenvalue weighted by molar-refractivity contribution is 7.09. The molecule has 2 rings (SSSR count). The van der Waals surface area contributed by atoms with Crippen molar-refractivity contribution < 1.29 is 14.3 Å². The van der Waals surface area contributed by atoms with E-state index in [0.29, 0.717) is 6.61 Å². The molecule has 1 fully saturated rings. The molecule has 1 aromatic heterocycles. The highest BCUT2D eigenvalue weighted by Gasteiger charge is 2.35. The normalized spacial score (nSPS) is 20.2. The van der Waals surface area contributed by atoms with E-state index in [9.17, 15) is 4.79 Å². The van der Waals surface area contributed by atoms with Crippen LogP contribution >= 0.6 is 11.3 Å². The topological polar surface area (TPSA) is 51.7 Å². The third-order valence-electron chi connectivity index (χ3n) is 2.43. The second-order valence-electron chi connectivity index (χ2n) is 5.29. The van der Waals surface area contributed by atoms with Crippen LogP contribution in [-0.4, -0.2) is 34.9 Å². The minimum atomic E-state index is -0.497. The molecule has 1 amide bonds. The maximum Gasteiger partial charge on any atom is 0.412 e. The summed E-state index contributed by atoms with van der Waals surface area (Å²) in [5.41, 5.74) is 0.467. The summed E-state index contributed by atoms with van der Waals surface area (Å²) in [4.78, 5) is 18.0. The molecular weight excluding hydrogens is 252 g/mol. The number of thiazole rings is 1. The second kappa shape index (κ2) is 4.85. The lowest BCUT2D eigenvalue weighted by Crippen LogP contribution is -2.36. The van der Waals surface area contributed by atoms with Crippen LogP contribution < -0.4 is 0 Å². The van der Waals surface area contributed by atoms with Crippen molar-refractivity contribution >= 4 is 17.4 Å². The Labute approximate surface area is 111 Å². The van der Waals surface area contributed by atoms with Gasteiger partial charge in [0.1, 0.15) is 23.4 Å². The SMILES string of the molecule is Cc1csc([C@H]2COCN2C(=O)OC(C)(C)C)n1. The van der Waals surface area contributed by atoms with Gasteiger partial charge in [-0.25, -0.2) is 9.78 Å². The Hall–Kier alpha value is -1.14. The number of amides is 1. The molecule has 1 aliphatic rings. The van der Waals surface area contributed by atoms with Gasteiger partial charge in [-0.2, -0.15) is 0 Å². The predicted molar refractivity (Wildman–Crippen MR) is 68.5 cm³/mol. The van der Waals surface area contributed by atoms with Crippen LogP contribution in [0.4, 0.5) is 4.79 Å². The molecule has 0 unspecified atom stereocenters.